The second kappa shape index (κ2) is 5.66. The molecule has 1 aromatic rings. The van der Waals surface area contributed by atoms with Gasteiger partial charge in [-0.2, -0.15) is 0 Å². The minimum Gasteiger partial charge on any atom is -0.495 e. The Balaban J connectivity index is 2.14. The maximum absolute atomic E-state index is 12.1. The van der Waals surface area contributed by atoms with Crippen molar-refractivity contribution < 1.29 is 18.3 Å². The Labute approximate surface area is 117 Å². The third-order valence-corrected chi connectivity index (χ3v) is 4.76. The molecule has 0 radical (unpaired) electrons. The van der Waals surface area contributed by atoms with Gasteiger partial charge < -0.3 is 9.84 Å². The zero-order valence-corrected chi connectivity index (χ0v) is 12.0. The number of aliphatic hydroxyl groups excluding tert-OH is 1. The molecule has 1 fully saturated rings. The van der Waals surface area contributed by atoms with Crippen molar-refractivity contribution in [1.82, 2.24) is 4.72 Å². The number of halogens is 1. The molecule has 0 saturated heterocycles. The number of hydrogen-bond donors (Lipinski definition) is 2. The van der Waals surface area contributed by atoms with Gasteiger partial charge in [0.15, 0.2) is 0 Å². The Hall–Kier alpha value is -0.820. The van der Waals surface area contributed by atoms with Gasteiger partial charge in [-0.25, -0.2) is 13.1 Å². The molecule has 1 aromatic carbocycles. The maximum Gasteiger partial charge on any atom is 0.244 e. The first-order valence-electron chi connectivity index (χ1n) is 5.95. The van der Waals surface area contributed by atoms with Crippen LogP contribution in [-0.2, 0) is 10.0 Å². The summed E-state index contributed by atoms with van der Waals surface area (Å²) >= 11 is 5.79. The van der Waals surface area contributed by atoms with Crippen LogP contribution in [0.25, 0.3) is 0 Å². The van der Waals surface area contributed by atoms with Crippen molar-refractivity contribution in [2.45, 2.75) is 23.8 Å². The van der Waals surface area contributed by atoms with Crippen LogP contribution in [0.15, 0.2) is 23.1 Å². The van der Waals surface area contributed by atoms with Crippen LogP contribution in [0.3, 0.4) is 0 Å². The summed E-state index contributed by atoms with van der Waals surface area (Å²) in [7, 11) is -2.34. The lowest BCUT2D eigenvalue weighted by Crippen LogP contribution is -2.33. The first-order valence-corrected chi connectivity index (χ1v) is 7.81. The van der Waals surface area contributed by atoms with Gasteiger partial charge in [-0.1, -0.05) is 11.6 Å². The van der Waals surface area contributed by atoms with Crippen molar-refractivity contribution in [1.29, 1.82) is 0 Å². The number of rotatable bonds is 6. The molecule has 0 aliphatic heterocycles. The molecule has 0 spiro atoms. The highest BCUT2D eigenvalue weighted by Crippen LogP contribution is 2.32. The first kappa shape index (κ1) is 14.6. The van der Waals surface area contributed by atoms with Gasteiger partial charge in [0.05, 0.1) is 13.2 Å². The standard InChI is InChI=1S/C12H16ClNO4S/c1-18-11-6-9(13)4-5-12(11)19(16,17)14-7-10(15)8-2-3-8/h4-6,8,10,14-15H,2-3,7H2,1H3. The summed E-state index contributed by atoms with van der Waals surface area (Å²) in [5, 5.41) is 10.1. The first-order chi connectivity index (χ1) is 8.94. The molecule has 1 atom stereocenters. The Morgan fingerprint density at radius 3 is 2.79 bits per heavy atom. The number of hydrogen-bond acceptors (Lipinski definition) is 4. The molecular formula is C12H16ClNO4S. The van der Waals surface area contributed by atoms with Gasteiger partial charge in [0.25, 0.3) is 0 Å². The third kappa shape index (κ3) is 3.60. The molecule has 1 saturated carbocycles. The van der Waals surface area contributed by atoms with Crippen LogP contribution in [0.5, 0.6) is 5.75 Å². The second-order valence-electron chi connectivity index (χ2n) is 4.55. The average molecular weight is 306 g/mol. The van der Waals surface area contributed by atoms with Crippen LogP contribution in [0.2, 0.25) is 5.02 Å². The molecule has 0 amide bonds. The van der Waals surface area contributed by atoms with E-state index in [4.69, 9.17) is 16.3 Å². The molecule has 0 heterocycles. The predicted molar refractivity (Wildman–Crippen MR) is 71.9 cm³/mol. The number of benzene rings is 1. The molecule has 19 heavy (non-hydrogen) atoms. The monoisotopic (exact) mass is 305 g/mol. The zero-order valence-electron chi connectivity index (χ0n) is 10.5. The van der Waals surface area contributed by atoms with Crippen LogP contribution in [-0.4, -0.2) is 33.3 Å². The topological polar surface area (TPSA) is 75.6 Å². The molecule has 1 aliphatic rings. The molecule has 2 N–H and O–H groups in total. The van der Waals surface area contributed by atoms with Gasteiger partial charge in [-0.3, -0.25) is 0 Å². The van der Waals surface area contributed by atoms with Gasteiger partial charge in [0, 0.05) is 17.6 Å². The zero-order chi connectivity index (χ0) is 14.0. The summed E-state index contributed by atoms with van der Waals surface area (Å²) < 4.78 is 31.7. The van der Waals surface area contributed by atoms with Gasteiger partial charge in [0.1, 0.15) is 10.6 Å². The number of ether oxygens (including phenoxy) is 1. The fourth-order valence-electron chi connectivity index (χ4n) is 1.78. The SMILES string of the molecule is COc1cc(Cl)ccc1S(=O)(=O)NCC(O)C1CC1. The molecule has 7 heteroatoms. The van der Waals surface area contributed by atoms with Gasteiger partial charge in [-0.15, -0.1) is 0 Å². The average Bonchev–Trinajstić information content (AvgIpc) is 3.19. The van der Waals surface area contributed by atoms with Crippen molar-refractivity contribution >= 4 is 21.6 Å². The predicted octanol–water partition coefficient (Wildman–Crippen LogP) is 1.40. The molecule has 0 bridgehead atoms. The van der Waals surface area contributed by atoms with E-state index < -0.39 is 16.1 Å². The fourth-order valence-corrected chi connectivity index (χ4v) is 3.15. The van der Waals surface area contributed by atoms with Crippen molar-refractivity contribution in [3.63, 3.8) is 0 Å². The van der Waals surface area contributed by atoms with Crippen LogP contribution in [0.1, 0.15) is 12.8 Å². The normalized spacial score (nSPS) is 17.2. The van der Waals surface area contributed by atoms with E-state index in [1.54, 1.807) is 0 Å². The van der Waals surface area contributed by atoms with E-state index in [9.17, 15) is 13.5 Å². The van der Waals surface area contributed by atoms with Gasteiger partial charge in [-0.05, 0) is 30.9 Å². The highest BCUT2D eigenvalue weighted by molar-refractivity contribution is 7.89. The van der Waals surface area contributed by atoms with E-state index in [1.807, 2.05) is 0 Å². The molecule has 1 unspecified atom stereocenters. The largest absolute Gasteiger partial charge is 0.495 e. The smallest absolute Gasteiger partial charge is 0.244 e. The highest BCUT2D eigenvalue weighted by Gasteiger charge is 2.31. The third-order valence-electron chi connectivity index (χ3n) is 3.06. The van der Waals surface area contributed by atoms with E-state index in [0.717, 1.165) is 12.8 Å². The lowest BCUT2D eigenvalue weighted by Gasteiger charge is -2.13. The minimum absolute atomic E-state index is 0.0127. The molecule has 5 nitrogen and oxygen atoms in total. The quantitative estimate of drug-likeness (QED) is 0.833. The van der Waals surface area contributed by atoms with Gasteiger partial charge >= 0.3 is 0 Å². The van der Waals surface area contributed by atoms with Crippen molar-refractivity contribution in [3.05, 3.63) is 23.2 Å². The van der Waals surface area contributed by atoms with E-state index in [-0.39, 0.29) is 23.1 Å². The van der Waals surface area contributed by atoms with Crippen molar-refractivity contribution in [3.8, 4) is 5.75 Å². The lowest BCUT2D eigenvalue weighted by molar-refractivity contribution is 0.155. The lowest BCUT2D eigenvalue weighted by atomic mass is 10.2. The van der Waals surface area contributed by atoms with Crippen LogP contribution >= 0.6 is 11.6 Å². The second-order valence-corrected chi connectivity index (χ2v) is 6.72. The summed E-state index contributed by atoms with van der Waals surface area (Å²) in [6.45, 7) is 0.0127. The van der Waals surface area contributed by atoms with E-state index >= 15 is 0 Å². The number of sulfonamides is 1. The van der Waals surface area contributed by atoms with Crippen molar-refractivity contribution in [2.75, 3.05) is 13.7 Å². The summed E-state index contributed by atoms with van der Waals surface area (Å²) in [4.78, 5) is 0.0161. The Morgan fingerprint density at radius 1 is 1.53 bits per heavy atom. The van der Waals surface area contributed by atoms with E-state index in [0.29, 0.717) is 5.02 Å². The summed E-state index contributed by atoms with van der Waals surface area (Å²) in [5.41, 5.74) is 0. The van der Waals surface area contributed by atoms with Gasteiger partial charge in [0.2, 0.25) is 10.0 Å². The molecule has 1 aliphatic carbocycles. The molecule has 2 rings (SSSR count). The Kier molecular flexibility index (Phi) is 4.35. The molecule has 106 valence electrons. The van der Waals surface area contributed by atoms with Crippen molar-refractivity contribution in [2.24, 2.45) is 5.92 Å². The highest BCUT2D eigenvalue weighted by atomic mass is 35.5. The van der Waals surface area contributed by atoms with Crippen LogP contribution in [0.4, 0.5) is 0 Å². The Bertz CT molecular complexity index is 557. The van der Waals surface area contributed by atoms with E-state index in [2.05, 4.69) is 4.72 Å². The minimum atomic E-state index is -3.71. The fraction of sp³-hybridized carbons (Fsp3) is 0.500. The molecule has 0 aromatic heterocycles. The van der Waals surface area contributed by atoms with E-state index in [1.165, 1.54) is 25.3 Å². The number of methoxy groups -OCH3 is 1. The summed E-state index contributed by atoms with van der Waals surface area (Å²) in [6, 6.07) is 4.30. The molecular weight excluding hydrogens is 290 g/mol. The number of aliphatic hydroxyl groups is 1. The summed E-state index contributed by atoms with van der Waals surface area (Å²) in [6.07, 6.45) is 1.27. The Morgan fingerprint density at radius 2 is 2.21 bits per heavy atom. The van der Waals surface area contributed by atoms with Crippen LogP contribution in [0, 0.1) is 5.92 Å². The van der Waals surface area contributed by atoms with Crippen LogP contribution < -0.4 is 9.46 Å². The number of nitrogens with one attached hydrogen (secondary N) is 1. The maximum atomic E-state index is 12.1. The summed E-state index contributed by atoms with van der Waals surface area (Å²) in [5.74, 6) is 0.399.